The first-order valence-electron chi connectivity index (χ1n) is 5.91. The number of fused-ring (bicyclic) bond motifs is 1. The van der Waals surface area contributed by atoms with E-state index in [1.54, 1.807) is 5.57 Å². The standard InChI is InChI=1S/C13H24Si/c1-10-7-8-11-9-13(10,12(11,2)3)14(4,5)6/h7,11H,8-9H2,1-6H3/t11-,13+/m0/s1. The van der Waals surface area contributed by atoms with Gasteiger partial charge in [-0.1, -0.05) is 45.1 Å². The molecule has 0 aliphatic heterocycles. The van der Waals surface area contributed by atoms with Crippen molar-refractivity contribution in [2.24, 2.45) is 11.3 Å². The van der Waals surface area contributed by atoms with Crippen molar-refractivity contribution in [3.63, 3.8) is 0 Å². The van der Waals surface area contributed by atoms with Crippen LogP contribution in [0.5, 0.6) is 0 Å². The first kappa shape index (κ1) is 10.5. The lowest BCUT2D eigenvalue weighted by Gasteiger charge is -2.70. The molecule has 0 aromatic heterocycles. The molecular weight excluding hydrogens is 184 g/mol. The molecule has 0 amide bonds. The zero-order chi connectivity index (χ0) is 10.8. The second-order valence-corrected chi connectivity index (χ2v) is 12.3. The molecular formula is C13H24Si. The molecule has 0 N–H and O–H groups in total. The summed E-state index contributed by atoms with van der Waals surface area (Å²) in [6, 6.07) is 0. The molecule has 0 radical (unpaired) electrons. The van der Waals surface area contributed by atoms with Gasteiger partial charge in [-0.25, -0.2) is 0 Å². The van der Waals surface area contributed by atoms with Crippen molar-refractivity contribution in [3.8, 4) is 0 Å². The van der Waals surface area contributed by atoms with E-state index in [-0.39, 0.29) is 0 Å². The molecule has 2 bridgehead atoms. The van der Waals surface area contributed by atoms with Crippen LogP contribution in [0.15, 0.2) is 11.6 Å². The van der Waals surface area contributed by atoms with E-state index in [2.05, 4.69) is 46.5 Å². The predicted molar refractivity (Wildman–Crippen MR) is 66.3 cm³/mol. The highest BCUT2D eigenvalue weighted by Crippen LogP contribution is 2.76. The fourth-order valence-corrected chi connectivity index (χ4v) is 8.79. The van der Waals surface area contributed by atoms with Crippen molar-refractivity contribution in [3.05, 3.63) is 11.6 Å². The summed E-state index contributed by atoms with van der Waals surface area (Å²) in [7, 11) is -1.08. The van der Waals surface area contributed by atoms with Gasteiger partial charge in [-0.3, -0.25) is 0 Å². The average Bonchev–Trinajstić information content (AvgIpc) is 2.01. The largest absolute Gasteiger partial charge is 0.0850 e. The van der Waals surface area contributed by atoms with Crippen LogP contribution in [-0.2, 0) is 0 Å². The van der Waals surface area contributed by atoms with E-state index in [0.717, 1.165) is 5.92 Å². The second kappa shape index (κ2) is 2.55. The Kier molecular flexibility index (Phi) is 1.91. The van der Waals surface area contributed by atoms with Gasteiger partial charge in [0.2, 0.25) is 0 Å². The molecule has 3 rings (SSSR count). The van der Waals surface area contributed by atoms with Gasteiger partial charge >= 0.3 is 0 Å². The average molecular weight is 208 g/mol. The molecule has 3 aliphatic rings. The van der Waals surface area contributed by atoms with Crippen LogP contribution in [0.25, 0.3) is 0 Å². The maximum absolute atomic E-state index is 2.55. The van der Waals surface area contributed by atoms with Gasteiger partial charge in [0.25, 0.3) is 0 Å². The van der Waals surface area contributed by atoms with Gasteiger partial charge in [0.1, 0.15) is 0 Å². The van der Waals surface area contributed by atoms with Crippen LogP contribution in [0.1, 0.15) is 33.6 Å². The quantitative estimate of drug-likeness (QED) is 0.441. The van der Waals surface area contributed by atoms with Crippen LogP contribution >= 0.6 is 0 Å². The van der Waals surface area contributed by atoms with Crippen molar-refractivity contribution in [2.75, 3.05) is 0 Å². The Morgan fingerprint density at radius 1 is 1.29 bits per heavy atom. The summed E-state index contributed by atoms with van der Waals surface area (Å²) in [6.45, 7) is 15.1. The van der Waals surface area contributed by atoms with Crippen molar-refractivity contribution in [1.82, 2.24) is 0 Å². The van der Waals surface area contributed by atoms with E-state index in [9.17, 15) is 0 Å². The molecule has 0 nitrogen and oxygen atoms in total. The fourth-order valence-electron chi connectivity index (χ4n) is 4.51. The molecule has 0 unspecified atom stereocenters. The molecule has 2 atom stereocenters. The van der Waals surface area contributed by atoms with Gasteiger partial charge in [-0.2, -0.15) is 0 Å². The zero-order valence-electron chi connectivity index (χ0n) is 10.6. The third-order valence-electron chi connectivity index (χ3n) is 5.34. The van der Waals surface area contributed by atoms with Gasteiger partial charge in [0, 0.05) is 0 Å². The number of hydrogen-bond acceptors (Lipinski definition) is 0. The number of allylic oxidation sites excluding steroid dienone is 2. The van der Waals surface area contributed by atoms with E-state index < -0.39 is 8.07 Å². The van der Waals surface area contributed by atoms with Crippen LogP contribution < -0.4 is 0 Å². The Labute approximate surface area is 89.8 Å². The van der Waals surface area contributed by atoms with Crippen molar-refractivity contribution >= 4 is 8.07 Å². The molecule has 80 valence electrons. The first-order chi connectivity index (χ1) is 6.23. The molecule has 0 saturated heterocycles. The van der Waals surface area contributed by atoms with Crippen LogP contribution in [0, 0.1) is 11.3 Å². The lowest BCUT2D eigenvalue weighted by atomic mass is 9.48. The normalized spacial score (nSPS) is 40.1. The molecule has 0 aromatic rings. The summed E-state index contributed by atoms with van der Waals surface area (Å²) in [4.78, 5) is 0. The maximum atomic E-state index is 2.55. The van der Waals surface area contributed by atoms with Gasteiger partial charge in [-0.15, -0.1) is 0 Å². The van der Waals surface area contributed by atoms with E-state index in [4.69, 9.17) is 0 Å². The zero-order valence-corrected chi connectivity index (χ0v) is 11.6. The Hall–Kier alpha value is -0.0431. The van der Waals surface area contributed by atoms with E-state index in [1.807, 2.05) is 0 Å². The van der Waals surface area contributed by atoms with Crippen LogP contribution in [0.3, 0.4) is 0 Å². The fraction of sp³-hybridized carbons (Fsp3) is 0.846. The summed E-state index contributed by atoms with van der Waals surface area (Å²) < 4.78 is 0. The molecule has 3 aliphatic carbocycles. The molecule has 0 aromatic carbocycles. The van der Waals surface area contributed by atoms with Gasteiger partial charge in [-0.05, 0) is 36.1 Å². The monoisotopic (exact) mass is 208 g/mol. The summed E-state index contributed by atoms with van der Waals surface area (Å²) in [5.74, 6) is 0.970. The smallest absolute Gasteiger partial charge is 0.0559 e. The first-order valence-corrected chi connectivity index (χ1v) is 9.41. The third-order valence-corrected chi connectivity index (χ3v) is 9.14. The van der Waals surface area contributed by atoms with Gasteiger partial charge in [0.05, 0.1) is 8.07 Å². The Morgan fingerprint density at radius 3 is 2.14 bits per heavy atom. The van der Waals surface area contributed by atoms with Crippen LogP contribution in [-0.4, -0.2) is 8.07 Å². The van der Waals surface area contributed by atoms with Crippen LogP contribution in [0.4, 0.5) is 0 Å². The highest BCUT2D eigenvalue weighted by atomic mass is 28.3. The molecule has 1 fully saturated rings. The maximum Gasteiger partial charge on any atom is 0.0559 e. The van der Waals surface area contributed by atoms with E-state index >= 15 is 0 Å². The summed E-state index contributed by atoms with van der Waals surface area (Å²) in [5, 5.41) is 0.614. The SMILES string of the molecule is CC1=CC[C@H]2C[C@]1([Si](C)(C)C)C2(C)C. The highest BCUT2D eigenvalue weighted by Gasteiger charge is 2.66. The number of rotatable bonds is 1. The minimum Gasteiger partial charge on any atom is -0.0850 e. The minimum atomic E-state index is -1.08. The van der Waals surface area contributed by atoms with E-state index in [0.29, 0.717) is 10.5 Å². The highest BCUT2D eigenvalue weighted by molar-refractivity contribution is 6.80. The second-order valence-electron chi connectivity index (χ2n) is 6.90. The minimum absolute atomic E-state index is 0.580. The van der Waals surface area contributed by atoms with Crippen LogP contribution in [0.2, 0.25) is 24.7 Å². The van der Waals surface area contributed by atoms with Gasteiger partial charge < -0.3 is 0 Å². The Bertz CT molecular complexity index is 293. The molecule has 1 heteroatoms. The van der Waals surface area contributed by atoms with Crippen molar-refractivity contribution in [2.45, 2.75) is 58.3 Å². The van der Waals surface area contributed by atoms with Crippen molar-refractivity contribution in [1.29, 1.82) is 0 Å². The Balaban J connectivity index is 2.52. The molecule has 0 heterocycles. The van der Waals surface area contributed by atoms with Gasteiger partial charge in [0.15, 0.2) is 0 Å². The van der Waals surface area contributed by atoms with Crippen molar-refractivity contribution < 1.29 is 0 Å². The Morgan fingerprint density at radius 2 is 1.86 bits per heavy atom. The number of hydrogen-bond donors (Lipinski definition) is 0. The molecule has 14 heavy (non-hydrogen) atoms. The lowest BCUT2D eigenvalue weighted by molar-refractivity contribution is 0.00251. The molecule has 1 saturated carbocycles. The topological polar surface area (TPSA) is 0 Å². The summed E-state index contributed by atoms with van der Waals surface area (Å²) in [5.41, 5.74) is 2.29. The summed E-state index contributed by atoms with van der Waals surface area (Å²) in [6.07, 6.45) is 5.35. The summed E-state index contributed by atoms with van der Waals surface area (Å²) >= 11 is 0. The van der Waals surface area contributed by atoms with E-state index in [1.165, 1.54) is 12.8 Å². The predicted octanol–water partition coefficient (Wildman–Crippen LogP) is 4.46. The lowest BCUT2D eigenvalue weighted by Crippen LogP contribution is -2.62. The molecule has 0 spiro atoms. The third kappa shape index (κ3) is 0.899.